The number of non-ortho nitro benzene ring substituents is 1. The van der Waals surface area contributed by atoms with Crippen molar-refractivity contribution < 1.29 is 9.66 Å². The molecule has 5 heteroatoms. The standard InChI is InChI=1S/C12H16N2O3/c1-12(8-13-9-12)17-7-6-10-2-4-11(5-3-10)14(15)16/h2-5,13H,6-9H2,1H3. The maximum atomic E-state index is 10.5. The van der Waals surface area contributed by atoms with Crippen LogP contribution in [0.25, 0.3) is 0 Å². The van der Waals surface area contributed by atoms with Gasteiger partial charge in [-0.25, -0.2) is 0 Å². The van der Waals surface area contributed by atoms with Crippen LogP contribution in [0, 0.1) is 10.1 Å². The molecule has 0 saturated carbocycles. The largest absolute Gasteiger partial charge is 0.372 e. The van der Waals surface area contributed by atoms with Crippen LogP contribution in [-0.4, -0.2) is 30.2 Å². The molecule has 0 spiro atoms. The molecule has 0 atom stereocenters. The number of hydrogen-bond donors (Lipinski definition) is 1. The van der Waals surface area contributed by atoms with Gasteiger partial charge in [0.15, 0.2) is 0 Å². The van der Waals surface area contributed by atoms with Crippen molar-refractivity contribution in [2.75, 3.05) is 19.7 Å². The number of benzene rings is 1. The van der Waals surface area contributed by atoms with E-state index in [2.05, 4.69) is 12.2 Å². The average Bonchev–Trinajstić information content (AvgIpc) is 2.27. The van der Waals surface area contributed by atoms with Crippen LogP contribution in [-0.2, 0) is 11.2 Å². The fourth-order valence-electron chi connectivity index (χ4n) is 1.78. The fraction of sp³-hybridized carbons (Fsp3) is 0.500. The third-order valence-electron chi connectivity index (χ3n) is 2.99. The van der Waals surface area contributed by atoms with E-state index in [1.165, 1.54) is 12.1 Å². The fourth-order valence-corrected chi connectivity index (χ4v) is 1.78. The second-order valence-electron chi connectivity index (χ2n) is 4.58. The molecular formula is C12H16N2O3. The molecule has 1 heterocycles. The van der Waals surface area contributed by atoms with Gasteiger partial charge >= 0.3 is 0 Å². The smallest absolute Gasteiger partial charge is 0.269 e. The molecule has 1 N–H and O–H groups in total. The highest BCUT2D eigenvalue weighted by Crippen LogP contribution is 2.16. The summed E-state index contributed by atoms with van der Waals surface area (Å²) in [5.41, 5.74) is 1.16. The van der Waals surface area contributed by atoms with Gasteiger partial charge in [-0.2, -0.15) is 0 Å². The number of nitro benzene ring substituents is 1. The number of hydrogen-bond acceptors (Lipinski definition) is 4. The minimum atomic E-state index is -0.388. The summed E-state index contributed by atoms with van der Waals surface area (Å²) in [4.78, 5) is 10.1. The Morgan fingerprint density at radius 1 is 1.41 bits per heavy atom. The van der Waals surface area contributed by atoms with Gasteiger partial charge in [0.1, 0.15) is 0 Å². The highest BCUT2D eigenvalue weighted by Gasteiger charge is 2.31. The van der Waals surface area contributed by atoms with E-state index in [0.29, 0.717) is 6.61 Å². The zero-order valence-electron chi connectivity index (χ0n) is 9.81. The first-order valence-electron chi connectivity index (χ1n) is 5.67. The number of rotatable bonds is 5. The second-order valence-corrected chi connectivity index (χ2v) is 4.58. The molecule has 1 aliphatic heterocycles. The van der Waals surface area contributed by atoms with Crippen LogP contribution in [0.15, 0.2) is 24.3 Å². The SMILES string of the molecule is CC1(OCCc2ccc([N+](=O)[O-])cc2)CNC1. The van der Waals surface area contributed by atoms with Crippen molar-refractivity contribution in [1.82, 2.24) is 5.32 Å². The predicted octanol–water partition coefficient (Wildman–Crippen LogP) is 1.52. The molecular weight excluding hydrogens is 220 g/mol. The van der Waals surface area contributed by atoms with Crippen LogP contribution < -0.4 is 5.32 Å². The zero-order chi connectivity index (χ0) is 12.3. The van der Waals surface area contributed by atoms with Crippen molar-refractivity contribution in [1.29, 1.82) is 0 Å². The Morgan fingerprint density at radius 2 is 2.06 bits per heavy atom. The third kappa shape index (κ3) is 3.01. The number of nitrogens with one attached hydrogen (secondary N) is 1. The van der Waals surface area contributed by atoms with E-state index in [1.807, 2.05) is 0 Å². The summed E-state index contributed by atoms with van der Waals surface area (Å²) >= 11 is 0. The lowest BCUT2D eigenvalue weighted by Gasteiger charge is -2.39. The summed E-state index contributed by atoms with van der Waals surface area (Å²) in [5, 5.41) is 13.6. The van der Waals surface area contributed by atoms with Crippen LogP contribution >= 0.6 is 0 Å². The van der Waals surface area contributed by atoms with E-state index in [-0.39, 0.29) is 16.2 Å². The molecule has 1 fully saturated rings. The normalized spacial score (nSPS) is 17.5. The van der Waals surface area contributed by atoms with E-state index in [1.54, 1.807) is 12.1 Å². The van der Waals surface area contributed by atoms with Gasteiger partial charge in [0.2, 0.25) is 0 Å². The summed E-state index contributed by atoms with van der Waals surface area (Å²) in [6.45, 7) is 4.52. The van der Waals surface area contributed by atoms with Crippen LogP contribution in [0.1, 0.15) is 12.5 Å². The molecule has 1 aromatic rings. The van der Waals surface area contributed by atoms with Crippen LogP contribution in [0.3, 0.4) is 0 Å². The van der Waals surface area contributed by atoms with E-state index < -0.39 is 0 Å². The Kier molecular flexibility index (Phi) is 3.40. The molecule has 0 aliphatic carbocycles. The van der Waals surface area contributed by atoms with Gasteiger partial charge in [-0.15, -0.1) is 0 Å². The Hall–Kier alpha value is -1.46. The van der Waals surface area contributed by atoms with E-state index in [0.717, 1.165) is 25.1 Å². The van der Waals surface area contributed by atoms with Crippen molar-refractivity contribution in [2.45, 2.75) is 18.9 Å². The molecule has 5 nitrogen and oxygen atoms in total. The highest BCUT2D eigenvalue weighted by molar-refractivity contribution is 5.32. The van der Waals surface area contributed by atoms with Crippen molar-refractivity contribution in [2.24, 2.45) is 0 Å². The van der Waals surface area contributed by atoms with Crippen molar-refractivity contribution in [3.8, 4) is 0 Å². The van der Waals surface area contributed by atoms with Gasteiger partial charge in [0.25, 0.3) is 5.69 Å². The molecule has 0 amide bonds. The van der Waals surface area contributed by atoms with Gasteiger partial charge in [-0.05, 0) is 18.9 Å². The predicted molar refractivity (Wildman–Crippen MR) is 64.0 cm³/mol. The summed E-state index contributed by atoms with van der Waals surface area (Å²) in [6.07, 6.45) is 0.785. The Morgan fingerprint density at radius 3 is 2.53 bits per heavy atom. The molecule has 2 rings (SSSR count). The van der Waals surface area contributed by atoms with Crippen LogP contribution in [0.5, 0.6) is 0 Å². The topological polar surface area (TPSA) is 64.4 Å². The summed E-state index contributed by atoms with van der Waals surface area (Å²) < 4.78 is 5.75. The Labute approximate surface area is 99.9 Å². The quantitative estimate of drug-likeness (QED) is 0.621. The first-order chi connectivity index (χ1) is 8.09. The summed E-state index contributed by atoms with van der Waals surface area (Å²) in [7, 11) is 0. The van der Waals surface area contributed by atoms with Crippen LogP contribution in [0.2, 0.25) is 0 Å². The first kappa shape index (κ1) is 12.0. The molecule has 0 unspecified atom stereocenters. The van der Waals surface area contributed by atoms with Gasteiger partial charge in [-0.3, -0.25) is 10.1 Å². The lowest BCUT2D eigenvalue weighted by atomic mass is 10.00. The molecule has 0 aromatic heterocycles. The molecule has 17 heavy (non-hydrogen) atoms. The van der Waals surface area contributed by atoms with Crippen molar-refractivity contribution >= 4 is 5.69 Å². The molecule has 0 radical (unpaired) electrons. The Balaban J connectivity index is 1.80. The molecule has 92 valence electrons. The van der Waals surface area contributed by atoms with Gasteiger partial charge in [0, 0.05) is 25.2 Å². The van der Waals surface area contributed by atoms with Gasteiger partial charge in [0.05, 0.1) is 17.1 Å². The number of ether oxygens (including phenoxy) is 1. The zero-order valence-corrected chi connectivity index (χ0v) is 9.81. The maximum absolute atomic E-state index is 10.5. The summed E-state index contributed by atoms with van der Waals surface area (Å²) in [5.74, 6) is 0. The van der Waals surface area contributed by atoms with E-state index in [4.69, 9.17) is 4.74 Å². The second kappa shape index (κ2) is 4.81. The maximum Gasteiger partial charge on any atom is 0.269 e. The van der Waals surface area contributed by atoms with Gasteiger partial charge in [-0.1, -0.05) is 12.1 Å². The first-order valence-corrected chi connectivity index (χ1v) is 5.67. The lowest BCUT2D eigenvalue weighted by molar-refractivity contribution is -0.384. The number of nitro groups is 1. The van der Waals surface area contributed by atoms with Crippen molar-refractivity contribution in [3.63, 3.8) is 0 Å². The van der Waals surface area contributed by atoms with Crippen LogP contribution in [0.4, 0.5) is 5.69 Å². The summed E-state index contributed by atoms with van der Waals surface area (Å²) in [6, 6.07) is 6.62. The Bertz CT molecular complexity index is 399. The number of nitrogens with zero attached hydrogens (tertiary/aromatic N) is 1. The molecule has 1 saturated heterocycles. The minimum absolute atomic E-state index is 0.0270. The average molecular weight is 236 g/mol. The van der Waals surface area contributed by atoms with E-state index in [9.17, 15) is 10.1 Å². The third-order valence-corrected chi connectivity index (χ3v) is 2.99. The molecule has 0 bridgehead atoms. The monoisotopic (exact) mass is 236 g/mol. The highest BCUT2D eigenvalue weighted by atomic mass is 16.6. The van der Waals surface area contributed by atoms with Crippen molar-refractivity contribution in [3.05, 3.63) is 39.9 Å². The molecule has 1 aliphatic rings. The van der Waals surface area contributed by atoms with Gasteiger partial charge < -0.3 is 10.1 Å². The van der Waals surface area contributed by atoms with E-state index >= 15 is 0 Å². The lowest BCUT2D eigenvalue weighted by Crippen LogP contribution is -2.59. The molecule has 1 aromatic carbocycles. The minimum Gasteiger partial charge on any atom is -0.372 e.